The van der Waals surface area contributed by atoms with Gasteiger partial charge >= 0.3 is 5.97 Å². The van der Waals surface area contributed by atoms with Gasteiger partial charge in [-0.25, -0.2) is 0 Å². The summed E-state index contributed by atoms with van der Waals surface area (Å²) in [5, 5.41) is 9.18. The number of likely N-dealkylation sites (tertiary alicyclic amines) is 1. The Bertz CT molecular complexity index is 340. The van der Waals surface area contributed by atoms with Crippen LogP contribution in [0.5, 0.6) is 0 Å². The van der Waals surface area contributed by atoms with Crippen molar-refractivity contribution in [3.8, 4) is 0 Å². The molecule has 0 aromatic carbocycles. The van der Waals surface area contributed by atoms with E-state index >= 15 is 0 Å². The second-order valence-electron chi connectivity index (χ2n) is 5.97. The van der Waals surface area contributed by atoms with Crippen molar-refractivity contribution in [2.75, 3.05) is 6.54 Å². The van der Waals surface area contributed by atoms with Crippen molar-refractivity contribution in [3.63, 3.8) is 0 Å². The van der Waals surface area contributed by atoms with Crippen molar-refractivity contribution >= 4 is 11.9 Å². The van der Waals surface area contributed by atoms with Gasteiger partial charge in [0.1, 0.15) is 0 Å². The Morgan fingerprint density at radius 2 is 1.78 bits per heavy atom. The lowest BCUT2D eigenvalue weighted by Gasteiger charge is -2.31. The first kappa shape index (κ1) is 13.4. The van der Waals surface area contributed by atoms with Gasteiger partial charge < -0.3 is 10.0 Å². The van der Waals surface area contributed by atoms with E-state index in [1.54, 1.807) is 0 Å². The van der Waals surface area contributed by atoms with Crippen LogP contribution in [0.1, 0.15) is 46.0 Å². The highest BCUT2D eigenvalue weighted by Gasteiger charge is 2.42. The van der Waals surface area contributed by atoms with Gasteiger partial charge in [0, 0.05) is 12.6 Å². The lowest BCUT2D eigenvalue weighted by Crippen LogP contribution is -2.43. The maximum Gasteiger partial charge on any atom is 0.307 e. The fourth-order valence-electron chi connectivity index (χ4n) is 3.52. The van der Waals surface area contributed by atoms with Crippen LogP contribution in [0.2, 0.25) is 0 Å². The van der Waals surface area contributed by atoms with Crippen LogP contribution in [0.15, 0.2) is 0 Å². The molecule has 0 aromatic heterocycles. The molecule has 0 bridgehead atoms. The highest BCUT2D eigenvalue weighted by Crippen LogP contribution is 2.36. The normalized spacial score (nSPS) is 32.2. The molecule has 1 saturated heterocycles. The predicted molar refractivity (Wildman–Crippen MR) is 68.0 cm³/mol. The molecular weight excluding hydrogens is 230 g/mol. The van der Waals surface area contributed by atoms with Crippen molar-refractivity contribution in [1.82, 2.24) is 4.90 Å². The molecular formula is C14H23NO3. The topological polar surface area (TPSA) is 57.6 Å². The maximum atomic E-state index is 12.5. The third kappa shape index (κ3) is 2.38. The molecule has 1 N–H and O–H groups in total. The quantitative estimate of drug-likeness (QED) is 0.838. The molecule has 3 atom stereocenters. The SMILES string of the molecule is CC(C)C1CCCN1C(=O)[C@@H]1CCC[C@@H]1C(=O)O. The summed E-state index contributed by atoms with van der Waals surface area (Å²) in [5.41, 5.74) is 0. The number of amides is 1. The zero-order chi connectivity index (χ0) is 13.3. The monoisotopic (exact) mass is 253 g/mol. The number of hydrogen-bond acceptors (Lipinski definition) is 2. The number of carbonyl (C=O) groups is 2. The second-order valence-corrected chi connectivity index (χ2v) is 5.97. The van der Waals surface area contributed by atoms with Crippen molar-refractivity contribution in [2.24, 2.45) is 17.8 Å². The molecule has 0 spiro atoms. The van der Waals surface area contributed by atoms with Gasteiger partial charge in [-0.3, -0.25) is 9.59 Å². The third-order valence-corrected chi connectivity index (χ3v) is 4.50. The molecule has 4 nitrogen and oxygen atoms in total. The van der Waals surface area contributed by atoms with E-state index in [-0.39, 0.29) is 11.8 Å². The van der Waals surface area contributed by atoms with Crippen molar-refractivity contribution in [3.05, 3.63) is 0 Å². The summed E-state index contributed by atoms with van der Waals surface area (Å²) >= 11 is 0. The predicted octanol–water partition coefficient (Wildman–Crippen LogP) is 2.13. The fourth-order valence-corrected chi connectivity index (χ4v) is 3.52. The molecule has 1 unspecified atom stereocenters. The van der Waals surface area contributed by atoms with Gasteiger partial charge in [-0.2, -0.15) is 0 Å². The molecule has 102 valence electrons. The van der Waals surface area contributed by atoms with Crippen LogP contribution in [0.4, 0.5) is 0 Å². The van der Waals surface area contributed by atoms with Crippen LogP contribution in [-0.4, -0.2) is 34.5 Å². The van der Waals surface area contributed by atoms with Crippen LogP contribution in [0.25, 0.3) is 0 Å². The molecule has 18 heavy (non-hydrogen) atoms. The van der Waals surface area contributed by atoms with Gasteiger partial charge in [0.15, 0.2) is 0 Å². The van der Waals surface area contributed by atoms with E-state index in [2.05, 4.69) is 13.8 Å². The summed E-state index contributed by atoms with van der Waals surface area (Å²) in [5.74, 6) is -0.976. The van der Waals surface area contributed by atoms with Crippen LogP contribution in [0, 0.1) is 17.8 Å². The average molecular weight is 253 g/mol. The molecule has 1 amide bonds. The van der Waals surface area contributed by atoms with Crippen LogP contribution >= 0.6 is 0 Å². The smallest absolute Gasteiger partial charge is 0.307 e. The number of carboxylic acid groups (broad SMARTS) is 1. The fraction of sp³-hybridized carbons (Fsp3) is 0.857. The molecule has 1 aliphatic carbocycles. The van der Waals surface area contributed by atoms with Gasteiger partial charge in [-0.15, -0.1) is 0 Å². The van der Waals surface area contributed by atoms with Crippen LogP contribution < -0.4 is 0 Å². The first-order chi connectivity index (χ1) is 8.52. The molecule has 2 rings (SSSR count). The number of hydrogen-bond donors (Lipinski definition) is 1. The van der Waals surface area contributed by atoms with E-state index < -0.39 is 11.9 Å². The minimum atomic E-state index is -0.800. The molecule has 1 aliphatic heterocycles. The number of carbonyl (C=O) groups excluding carboxylic acids is 1. The minimum Gasteiger partial charge on any atom is -0.481 e. The summed E-state index contributed by atoms with van der Waals surface area (Å²) in [6.45, 7) is 5.09. The van der Waals surface area contributed by atoms with Gasteiger partial charge in [0.25, 0.3) is 0 Å². The second kappa shape index (κ2) is 5.29. The number of carboxylic acids is 1. The molecule has 1 saturated carbocycles. The summed E-state index contributed by atoms with van der Waals surface area (Å²) in [7, 11) is 0. The van der Waals surface area contributed by atoms with Crippen molar-refractivity contribution in [1.29, 1.82) is 0 Å². The molecule has 2 fully saturated rings. The first-order valence-electron chi connectivity index (χ1n) is 7.05. The van der Waals surface area contributed by atoms with Gasteiger partial charge in [0.05, 0.1) is 11.8 Å². The zero-order valence-electron chi connectivity index (χ0n) is 11.3. The van der Waals surface area contributed by atoms with Gasteiger partial charge in [0.2, 0.25) is 5.91 Å². The highest BCUT2D eigenvalue weighted by molar-refractivity contribution is 5.85. The standard InChI is InChI=1S/C14H23NO3/c1-9(2)12-7-4-8-15(12)13(16)10-5-3-6-11(10)14(17)18/h9-12H,3-8H2,1-2H3,(H,17,18)/t10-,11+,12?/m1/s1. The number of nitrogens with zero attached hydrogens (tertiary/aromatic N) is 1. The largest absolute Gasteiger partial charge is 0.481 e. The van der Waals surface area contributed by atoms with Gasteiger partial charge in [-0.05, 0) is 31.6 Å². The maximum absolute atomic E-state index is 12.5. The molecule has 4 heteroatoms. The Morgan fingerprint density at radius 1 is 1.11 bits per heavy atom. The molecule has 2 aliphatic rings. The average Bonchev–Trinajstić information content (AvgIpc) is 2.97. The van der Waals surface area contributed by atoms with E-state index in [0.29, 0.717) is 18.4 Å². The van der Waals surface area contributed by atoms with Gasteiger partial charge in [-0.1, -0.05) is 20.3 Å². The Morgan fingerprint density at radius 3 is 2.39 bits per heavy atom. The molecule has 0 aromatic rings. The van der Waals surface area contributed by atoms with E-state index in [4.69, 9.17) is 0 Å². The van der Waals surface area contributed by atoms with Crippen LogP contribution in [0.3, 0.4) is 0 Å². The van der Waals surface area contributed by atoms with E-state index in [1.165, 1.54) is 0 Å². The summed E-state index contributed by atoms with van der Waals surface area (Å²) < 4.78 is 0. The minimum absolute atomic E-state index is 0.0936. The zero-order valence-corrected chi connectivity index (χ0v) is 11.3. The van der Waals surface area contributed by atoms with Crippen molar-refractivity contribution in [2.45, 2.75) is 52.0 Å². The molecule has 1 heterocycles. The van der Waals surface area contributed by atoms with Crippen molar-refractivity contribution < 1.29 is 14.7 Å². The van der Waals surface area contributed by atoms with E-state index in [1.807, 2.05) is 4.90 Å². The number of aliphatic carboxylic acids is 1. The lowest BCUT2D eigenvalue weighted by atomic mass is 9.93. The third-order valence-electron chi connectivity index (χ3n) is 4.50. The van der Waals surface area contributed by atoms with E-state index in [9.17, 15) is 14.7 Å². The number of rotatable bonds is 3. The Balaban J connectivity index is 2.08. The highest BCUT2D eigenvalue weighted by atomic mass is 16.4. The Labute approximate surface area is 108 Å². The first-order valence-corrected chi connectivity index (χ1v) is 7.05. The van der Waals surface area contributed by atoms with Crippen LogP contribution in [-0.2, 0) is 9.59 Å². The van der Waals surface area contributed by atoms with E-state index in [0.717, 1.165) is 32.2 Å². The summed E-state index contributed by atoms with van der Waals surface area (Å²) in [6.07, 6.45) is 4.39. The Kier molecular flexibility index (Phi) is 3.93. The lowest BCUT2D eigenvalue weighted by molar-refractivity contribution is -0.149. The summed E-state index contributed by atoms with van der Waals surface area (Å²) in [6, 6.07) is 0.313. The molecule has 0 radical (unpaired) electrons. The Hall–Kier alpha value is -1.06. The summed E-state index contributed by atoms with van der Waals surface area (Å²) in [4.78, 5) is 25.7.